The van der Waals surface area contributed by atoms with Gasteiger partial charge in [-0.05, 0) is 67.4 Å². The van der Waals surface area contributed by atoms with Gasteiger partial charge in [-0.2, -0.15) is 5.10 Å². The summed E-state index contributed by atoms with van der Waals surface area (Å²) in [6.07, 6.45) is 0.577. The van der Waals surface area contributed by atoms with Gasteiger partial charge in [-0.25, -0.2) is 22.2 Å². The molecule has 0 aliphatic carbocycles. The summed E-state index contributed by atoms with van der Waals surface area (Å²) < 4.78 is 42.4. The molecule has 1 aromatic heterocycles. The molecule has 0 fully saturated rings. The van der Waals surface area contributed by atoms with Crippen molar-refractivity contribution in [3.8, 4) is 11.3 Å². The highest BCUT2D eigenvalue weighted by Crippen LogP contribution is 2.33. The zero-order valence-corrected chi connectivity index (χ0v) is 19.0. The van der Waals surface area contributed by atoms with E-state index in [1.54, 1.807) is 29.2 Å². The Labute approximate surface area is 190 Å². The summed E-state index contributed by atoms with van der Waals surface area (Å²) in [4.78, 5) is 25.8. The second-order valence-corrected chi connectivity index (χ2v) is 9.68. The van der Waals surface area contributed by atoms with Gasteiger partial charge in [-0.15, -0.1) is 0 Å². The molecular formula is C23H23FN4O4S. The Balaban J connectivity index is 1.47. The van der Waals surface area contributed by atoms with E-state index in [1.165, 1.54) is 37.3 Å². The second-order valence-electron chi connectivity index (χ2n) is 7.92. The summed E-state index contributed by atoms with van der Waals surface area (Å²) in [6.45, 7) is 3.37. The van der Waals surface area contributed by atoms with Crippen molar-refractivity contribution in [2.45, 2.75) is 37.8 Å². The standard InChI is InChI=1S/C23H23FN4O4S/c1-15-13-18-14-20(7-9-22(18)28(15)16(2)29)33(31,32)25-11-12-27-23(30)10-8-21(26-27)17-3-5-19(24)6-4-17/h3-10,14-15,25H,11-13H2,1-2H3/t15-/m0/s1. The lowest BCUT2D eigenvalue weighted by Crippen LogP contribution is -2.33. The van der Waals surface area contributed by atoms with Gasteiger partial charge in [-0.1, -0.05) is 0 Å². The number of aromatic nitrogens is 2. The number of amides is 1. The Bertz CT molecular complexity index is 1370. The first-order chi connectivity index (χ1) is 15.7. The van der Waals surface area contributed by atoms with Gasteiger partial charge in [0.15, 0.2) is 0 Å². The highest BCUT2D eigenvalue weighted by atomic mass is 32.2. The lowest BCUT2D eigenvalue weighted by atomic mass is 10.1. The van der Waals surface area contributed by atoms with Crippen LogP contribution < -0.4 is 15.2 Å². The maximum absolute atomic E-state index is 13.2. The number of fused-ring (bicyclic) bond motifs is 1. The van der Waals surface area contributed by atoms with Crippen LogP contribution in [0.2, 0.25) is 0 Å². The number of sulfonamides is 1. The first-order valence-corrected chi connectivity index (χ1v) is 11.9. The molecule has 0 saturated heterocycles. The van der Waals surface area contributed by atoms with Crippen LogP contribution in [-0.4, -0.2) is 36.7 Å². The van der Waals surface area contributed by atoms with Crippen LogP contribution in [0, 0.1) is 5.82 Å². The smallest absolute Gasteiger partial charge is 0.266 e. The molecule has 0 bridgehead atoms. The first-order valence-electron chi connectivity index (χ1n) is 10.4. The minimum Gasteiger partial charge on any atom is -0.309 e. The molecule has 4 rings (SSSR count). The Morgan fingerprint density at radius 2 is 1.88 bits per heavy atom. The Hall–Kier alpha value is -3.37. The molecule has 0 spiro atoms. The largest absolute Gasteiger partial charge is 0.309 e. The monoisotopic (exact) mass is 470 g/mol. The van der Waals surface area contributed by atoms with Crippen LogP contribution in [0.1, 0.15) is 19.4 Å². The van der Waals surface area contributed by atoms with E-state index >= 15 is 0 Å². The number of benzene rings is 2. The van der Waals surface area contributed by atoms with E-state index in [0.29, 0.717) is 17.7 Å². The van der Waals surface area contributed by atoms with Gasteiger partial charge in [0.1, 0.15) is 5.82 Å². The number of carbonyl (C=O) groups excluding carboxylic acids is 1. The minimum absolute atomic E-state index is 0.0210. The molecule has 10 heteroatoms. The normalized spacial score (nSPS) is 15.5. The van der Waals surface area contributed by atoms with Gasteiger partial charge in [-0.3, -0.25) is 9.59 Å². The van der Waals surface area contributed by atoms with Crippen molar-refractivity contribution in [2.75, 3.05) is 11.4 Å². The zero-order valence-electron chi connectivity index (χ0n) is 18.2. The third kappa shape index (κ3) is 4.71. The number of nitrogens with one attached hydrogen (secondary N) is 1. The van der Waals surface area contributed by atoms with Crippen LogP contribution in [0.5, 0.6) is 0 Å². The Kier molecular flexibility index (Phi) is 6.13. The van der Waals surface area contributed by atoms with Crippen molar-refractivity contribution in [3.63, 3.8) is 0 Å². The summed E-state index contributed by atoms with van der Waals surface area (Å²) in [6, 6.07) is 13.2. The summed E-state index contributed by atoms with van der Waals surface area (Å²) in [7, 11) is -3.83. The second kappa shape index (κ2) is 8.87. The van der Waals surface area contributed by atoms with E-state index in [-0.39, 0.29) is 41.3 Å². The maximum Gasteiger partial charge on any atom is 0.266 e. The fourth-order valence-electron chi connectivity index (χ4n) is 4.01. The summed E-state index contributed by atoms with van der Waals surface area (Å²) >= 11 is 0. The third-order valence-corrected chi connectivity index (χ3v) is 7.00. The molecule has 172 valence electrons. The van der Waals surface area contributed by atoms with Crippen molar-refractivity contribution in [1.29, 1.82) is 0 Å². The van der Waals surface area contributed by atoms with Crippen LogP contribution in [0.25, 0.3) is 11.3 Å². The van der Waals surface area contributed by atoms with E-state index in [0.717, 1.165) is 15.9 Å². The topological polar surface area (TPSA) is 101 Å². The number of nitrogens with zero attached hydrogens (tertiary/aromatic N) is 3. The van der Waals surface area contributed by atoms with Crippen LogP contribution in [0.3, 0.4) is 0 Å². The van der Waals surface area contributed by atoms with Gasteiger partial charge in [0, 0.05) is 36.8 Å². The number of hydrogen-bond donors (Lipinski definition) is 1. The van der Waals surface area contributed by atoms with E-state index < -0.39 is 10.0 Å². The lowest BCUT2D eigenvalue weighted by molar-refractivity contribution is -0.116. The average molecular weight is 471 g/mol. The molecular weight excluding hydrogens is 447 g/mol. The zero-order chi connectivity index (χ0) is 23.8. The van der Waals surface area contributed by atoms with E-state index in [1.807, 2.05) is 6.92 Å². The molecule has 2 aromatic carbocycles. The molecule has 1 amide bonds. The molecule has 1 aliphatic rings. The van der Waals surface area contributed by atoms with Gasteiger partial charge in [0.25, 0.3) is 5.56 Å². The van der Waals surface area contributed by atoms with Crippen LogP contribution >= 0.6 is 0 Å². The van der Waals surface area contributed by atoms with Gasteiger partial charge in [0.2, 0.25) is 15.9 Å². The predicted molar refractivity (Wildman–Crippen MR) is 122 cm³/mol. The average Bonchev–Trinajstić information content (AvgIpc) is 3.10. The summed E-state index contributed by atoms with van der Waals surface area (Å²) in [5.74, 6) is -0.465. The quantitative estimate of drug-likeness (QED) is 0.596. The van der Waals surface area contributed by atoms with E-state index in [4.69, 9.17) is 0 Å². The number of carbonyl (C=O) groups is 1. The Morgan fingerprint density at radius 1 is 1.15 bits per heavy atom. The van der Waals surface area contributed by atoms with Crippen molar-refractivity contribution in [3.05, 3.63) is 76.3 Å². The summed E-state index contributed by atoms with van der Waals surface area (Å²) in [5.41, 5.74) is 2.25. The van der Waals surface area contributed by atoms with Gasteiger partial charge in [0.05, 0.1) is 17.1 Å². The van der Waals surface area contributed by atoms with Crippen LogP contribution in [-0.2, 0) is 27.8 Å². The number of halogens is 1. The first kappa shape index (κ1) is 22.8. The molecule has 1 atom stereocenters. The third-order valence-electron chi connectivity index (χ3n) is 5.54. The number of hydrogen-bond acceptors (Lipinski definition) is 5. The molecule has 8 nitrogen and oxygen atoms in total. The predicted octanol–water partition coefficient (Wildman–Crippen LogP) is 2.33. The molecule has 1 aliphatic heterocycles. The Morgan fingerprint density at radius 3 is 2.58 bits per heavy atom. The van der Waals surface area contributed by atoms with Crippen molar-refractivity contribution in [1.82, 2.24) is 14.5 Å². The van der Waals surface area contributed by atoms with Gasteiger partial charge >= 0.3 is 0 Å². The SMILES string of the molecule is CC(=O)N1c2ccc(S(=O)(=O)NCCn3nc(-c4ccc(F)cc4)ccc3=O)cc2C[C@@H]1C. The van der Waals surface area contributed by atoms with Crippen LogP contribution in [0.4, 0.5) is 10.1 Å². The molecule has 0 unspecified atom stereocenters. The number of anilines is 1. The summed E-state index contributed by atoms with van der Waals surface area (Å²) in [5, 5.41) is 4.25. The molecule has 1 N–H and O–H groups in total. The fraction of sp³-hybridized carbons (Fsp3) is 0.261. The minimum atomic E-state index is -3.83. The van der Waals surface area contributed by atoms with E-state index in [9.17, 15) is 22.4 Å². The molecule has 0 radical (unpaired) electrons. The van der Waals surface area contributed by atoms with Crippen LogP contribution in [0.15, 0.2) is 64.3 Å². The molecule has 33 heavy (non-hydrogen) atoms. The van der Waals surface area contributed by atoms with E-state index in [2.05, 4.69) is 9.82 Å². The van der Waals surface area contributed by atoms with Crippen molar-refractivity contribution in [2.24, 2.45) is 0 Å². The van der Waals surface area contributed by atoms with Crippen molar-refractivity contribution >= 4 is 21.6 Å². The van der Waals surface area contributed by atoms with Gasteiger partial charge < -0.3 is 4.90 Å². The molecule has 0 saturated carbocycles. The maximum atomic E-state index is 13.2. The molecule has 3 aromatic rings. The number of rotatable bonds is 6. The molecule has 2 heterocycles. The highest BCUT2D eigenvalue weighted by Gasteiger charge is 2.30. The van der Waals surface area contributed by atoms with Crippen molar-refractivity contribution < 1.29 is 17.6 Å². The fourth-order valence-corrected chi connectivity index (χ4v) is 5.08. The highest BCUT2D eigenvalue weighted by molar-refractivity contribution is 7.89. The lowest BCUT2D eigenvalue weighted by Gasteiger charge is -2.20.